The first-order valence-corrected chi connectivity index (χ1v) is 11.5. The molecule has 0 atom stereocenters. The first-order chi connectivity index (χ1) is 17.2. The average Bonchev–Trinajstić information content (AvgIpc) is 3.28. The highest BCUT2D eigenvalue weighted by Crippen LogP contribution is 2.30. The van der Waals surface area contributed by atoms with Gasteiger partial charge in [-0.2, -0.15) is 0 Å². The van der Waals surface area contributed by atoms with Gasteiger partial charge in [-0.15, -0.1) is 0 Å². The highest BCUT2D eigenvalue weighted by molar-refractivity contribution is 6.21. The average molecular weight is 511 g/mol. The van der Waals surface area contributed by atoms with E-state index in [1.54, 1.807) is 41.5 Å². The summed E-state index contributed by atoms with van der Waals surface area (Å²) in [5.41, 5.74) is -0.876. The number of aromatic nitrogens is 2. The molecule has 0 unspecified atom stereocenters. The van der Waals surface area contributed by atoms with E-state index < -0.39 is 35.0 Å². The van der Waals surface area contributed by atoms with Crippen molar-refractivity contribution < 1.29 is 37.2 Å². The lowest BCUT2D eigenvalue weighted by Gasteiger charge is -2.21. The number of ether oxygens (including phenoxy) is 2. The first-order valence-electron chi connectivity index (χ1n) is 11.5. The summed E-state index contributed by atoms with van der Waals surface area (Å²) in [5, 5.41) is 0.792. The fourth-order valence-electron chi connectivity index (χ4n) is 3.61. The molecule has 0 saturated heterocycles. The van der Waals surface area contributed by atoms with Gasteiger partial charge in [0.15, 0.2) is 11.8 Å². The van der Waals surface area contributed by atoms with E-state index in [-0.39, 0.29) is 11.8 Å². The lowest BCUT2D eigenvalue weighted by atomic mass is 10.2. The lowest BCUT2D eigenvalue weighted by Crippen LogP contribution is -2.28. The molecule has 0 spiro atoms. The van der Waals surface area contributed by atoms with Crippen molar-refractivity contribution in [1.29, 1.82) is 0 Å². The Morgan fingerprint density at radius 2 is 1.05 bits per heavy atom. The molecular weight excluding hydrogens is 485 g/mol. The quantitative estimate of drug-likeness (QED) is 0.294. The maximum atomic E-state index is 13.8. The minimum atomic E-state index is -0.797. The van der Waals surface area contributed by atoms with Crippen LogP contribution in [0.3, 0.4) is 0 Å². The lowest BCUT2D eigenvalue weighted by molar-refractivity contribution is 0.0528. The number of carbonyl (C=O) groups is 2. The largest absolute Gasteiger partial charge is 0.660 e. The molecule has 0 bridgehead atoms. The van der Waals surface area contributed by atoms with Crippen molar-refractivity contribution in [3.63, 3.8) is 0 Å². The third kappa shape index (κ3) is 5.87. The van der Waals surface area contributed by atoms with E-state index in [1.807, 2.05) is 0 Å². The van der Waals surface area contributed by atoms with Gasteiger partial charge in [0.05, 0.1) is 11.0 Å². The van der Waals surface area contributed by atoms with Crippen LogP contribution in [0.15, 0.2) is 48.5 Å². The monoisotopic (exact) mass is 511 g/mol. The van der Waals surface area contributed by atoms with E-state index in [0.29, 0.717) is 21.8 Å². The zero-order valence-corrected chi connectivity index (χ0v) is 21.3. The van der Waals surface area contributed by atoms with Crippen LogP contribution in [0.5, 0.6) is 11.8 Å². The number of rotatable bonds is 4. The van der Waals surface area contributed by atoms with Crippen LogP contribution >= 0.6 is 0 Å². The molecule has 0 aliphatic rings. The van der Waals surface area contributed by atoms with Crippen molar-refractivity contribution in [3.05, 3.63) is 60.2 Å². The van der Waals surface area contributed by atoms with Gasteiger partial charge in [-0.3, -0.25) is 0 Å². The molecule has 37 heavy (non-hydrogen) atoms. The summed E-state index contributed by atoms with van der Waals surface area (Å²) in [5.74, 6) is -1.01. The van der Waals surface area contributed by atoms with E-state index in [4.69, 9.17) is 18.8 Å². The van der Waals surface area contributed by atoms with Gasteiger partial charge in [-0.05, 0) is 77.9 Å². The van der Waals surface area contributed by atoms with E-state index in [1.165, 1.54) is 48.5 Å². The van der Waals surface area contributed by atoms with E-state index in [9.17, 15) is 18.4 Å². The van der Waals surface area contributed by atoms with Crippen molar-refractivity contribution >= 4 is 41.7 Å². The van der Waals surface area contributed by atoms with E-state index in [2.05, 4.69) is 0 Å². The van der Waals surface area contributed by atoms with Crippen molar-refractivity contribution in [2.45, 2.75) is 52.7 Å². The molecule has 0 fully saturated rings. The molecule has 0 saturated carbocycles. The Morgan fingerprint density at radius 3 is 1.41 bits per heavy atom. The van der Waals surface area contributed by atoms with Crippen LogP contribution in [0.25, 0.3) is 21.8 Å². The number of halogens is 2. The standard InChI is InChI=1S/C26H26BF2N2O6/c1-25(2,3)34-23(32)30-19-9-7-17(28)11-15(19)13-21(30)36-27-37-22-14-16-12-18(29)8-10-20(16)31(22)24(33)35-26(4,5)6/h7-14H,1-6H3. The minimum Gasteiger partial charge on any atom is -0.513 e. The maximum Gasteiger partial charge on any atom is 0.660 e. The topological polar surface area (TPSA) is 80.9 Å². The Morgan fingerprint density at radius 1 is 0.676 bits per heavy atom. The summed E-state index contributed by atoms with van der Waals surface area (Å²) in [6, 6.07) is 10.7. The van der Waals surface area contributed by atoms with Gasteiger partial charge in [0.2, 0.25) is 0 Å². The van der Waals surface area contributed by atoms with Crippen LogP contribution in [0.1, 0.15) is 41.5 Å². The molecule has 11 heteroatoms. The predicted molar refractivity (Wildman–Crippen MR) is 134 cm³/mol. The summed E-state index contributed by atoms with van der Waals surface area (Å²) in [6.45, 7) is 10.3. The summed E-state index contributed by atoms with van der Waals surface area (Å²) in [4.78, 5) is 25.8. The van der Waals surface area contributed by atoms with Crippen molar-refractivity contribution in [1.82, 2.24) is 9.13 Å². The molecule has 0 aliphatic carbocycles. The highest BCUT2D eigenvalue weighted by Gasteiger charge is 2.26. The van der Waals surface area contributed by atoms with Crippen LogP contribution < -0.4 is 9.31 Å². The summed E-state index contributed by atoms with van der Waals surface area (Å²) >= 11 is 0. The molecule has 2 aromatic heterocycles. The van der Waals surface area contributed by atoms with Gasteiger partial charge in [0.1, 0.15) is 22.8 Å². The number of hydrogen-bond acceptors (Lipinski definition) is 6. The van der Waals surface area contributed by atoms with E-state index >= 15 is 0 Å². The number of carbonyl (C=O) groups excluding carboxylic acids is 2. The molecule has 4 rings (SSSR count). The van der Waals surface area contributed by atoms with Gasteiger partial charge in [-0.25, -0.2) is 27.5 Å². The molecule has 0 amide bonds. The molecule has 193 valence electrons. The van der Waals surface area contributed by atoms with E-state index in [0.717, 1.165) is 16.8 Å². The van der Waals surface area contributed by atoms with Crippen molar-refractivity contribution in [2.24, 2.45) is 0 Å². The smallest absolute Gasteiger partial charge is 0.513 e. The number of fused-ring (bicyclic) bond motifs is 2. The Kier molecular flexibility index (Phi) is 6.66. The minimum absolute atomic E-state index is 0.0131. The third-order valence-electron chi connectivity index (χ3n) is 4.95. The Bertz CT molecular complexity index is 1390. The second-order valence-corrected chi connectivity index (χ2v) is 10.3. The highest BCUT2D eigenvalue weighted by atomic mass is 19.1. The summed E-state index contributed by atoms with van der Waals surface area (Å²) in [6.07, 6.45) is -1.48. The first kappa shape index (κ1) is 26.1. The fraction of sp³-hybridized carbons (Fsp3) is 0.308. The molecule has 0 N–H and O–H groups in total. The zero-order valence-electron chi connectivity index (χ0n) is 21.3. The van der Waals surface area contributed by atoms with Crippen molar-refractivity contribution in [3.8, 4) is 11.8 Å². The van der Waals surface area contributed by atoms with Crippen LogP contribution in [0, 0.1) is 11.6 Å². The number of benzene rings is 2. The second kappa shape index (κ2) is 9.46. The van der Waals surface area contributed by atoms with Crippen molar-refractivity contribution in [2.75, 3.05) is 0 Å². The molecule has 4 aromatic rings. The fourth-order valence-corrected chi connectivity index (χ4v) is 3.61. The Labute approximate surface area is 213 Å². The maximum absolute atomic E-state index is 13.8. The normalized spacial score (nSPS) is 12.0. The van der Waals surface area contributed by atoms with Gasteiger partial charge in [0.25, 0.3) is 0 Å². The van der Waals surface area contributed by atoms with Gasteiger partial charge in [-0.1, -0.05) is 0 Å². The SMILES string of the molecule is CC(C)(C)OC(=O)n1c(O[B]Oc2cc3cc(F)ccc3n2C(=O)OC(C)(C)C)cc2cc(F)ccc21. The molecule has 2 aromatic carbocycles. The number of nitrogens with zero attached hydrogens (tertiary/aromatic N) is 2. The van der Waals surface area contributed by atoms with Gasteiger partial charge >= 0.3 is 19.9 Å². The molecule has 2 heterocycles. The van der Waals surface area contributed by atoms with Gasteiger partial charge < -0.3 is 18.8 Å². The number of hydrogen-bond donors (Lipinski definition) is 0. The second-order valence-electron chi connectivity index (χ2n) is 10.3. The Balaban J connectivity index is 1.65. The molecule has 1 radical (unpaired) electrons. The summed E-state index contributed by atoms with van der Waals surface area (Å²) in [7, 11) is 0.900. The van der Waals surface area contributed by atoms with Crippen LogP contribution in [0.4, 0.5) is 18.4 Å². The zero-order chi connectivity index (χ0) is 27.1. The Hall–Kier alpha value is -4.02. The molecular formula is C26H26BF2N2O6. The molecule has 8 nitrogen and oxygen atoms in total. The third-order valence-corrected chi connectivity index (χ3v) is 4.95. The summed E-state index contributed by atoms with van der Waals surface area (Å²) < 4.78 is 52.1. The molecule has 0 aliphatic heterocycles. The predicted octanol–water partition coefficient (Wildman–Crippen LogP) is 6.43. The van der Waals surface area contributed by atoms with Gasteiger partial charge in [0, 0.05) is 22.9 Å². The van der Waals surface area contributed by atoms with Crippen LogP contribution in [0.2, 0.25) is 0 Å². The van der Waals surface area contributed by atoms with Crippen LogP contribution in [-0.2, 0) is 9.47 Å². The van der Waals surface area contributed by atoms with Crippen LogP contribution in [-0.4, -0.2) is 40.2 Å².